The highest BCUT2D eigenvalue weighted by Crippen LogP contribution is 2.83. The van der Waals surface area contributed by atoms with Crippen molar-refractivity contribution < 1.29 is 43.2 Å². The Bertz CT molecular complexity index is 1050. The number of carboxylic acid groups (broad SMARTS) is 1. The van der Waals surface area contributed by atoms with E-state index in [-0.39, 0.29) is 54.4 Å². The van der Waals surface area contributed by atoms with Crippen molar-refractivity contribution in [1.29, 1.82) is 0 Å². The van der Waals surface area contributed by atoms with Crippen LogP contribution in [-0.2, 0) is 38.1 Å². The van der Waals surface area contributed by atoms with E-state index in [9.17, 15) is 14.4 Å². The van der Waals surface area contributed by atoms with E-state index in [1.54, 1.807) is 0 Å². The van der Waals surface area contributed by atoms with Crippen molar-refractivity contribution in [2.24, 2.45) is 17.3 Å². The van der Waals surface area contributed by atoms with Gasteiger partial charge in [0.15, 0.2) is 11.7 Å². The Kier molecular flexibility index (Phi) is 3.59. The summed E-state index contributed by atoms with van der Waals surface area (Å²) in [4.78, 5) is 36.0. The first-order valence-electron chi connectivity index (χ1n) is 12.0. The first kappa shape index (κ1) is 20.4. The molecule has 7 aliphatic rings. The second-order valence-corrected chi connectivity index (χ2v) is 11.3. The van der Waals surface area contributed by atoms with Crippen LogP contribution in [0.1, 0.15) is 52.9 Å². The van der Waals surface area contributed by atoms with Crippen LogP contribution in [0.25, 0.3) is 0 Å². The van der Waals surface area contributed by atoms with E-state index in [2.05, 4.69) is 6.92 Å². The fourth-order valence-corrected chi connectivity index (χ4v) is 8.24. The van der Waals surface area contributed by atoms with Crippen LogP contribution in [0.2, 0.25) is 0 Å². The van der Waals surface area contributed by atoms with Crippen molar-refractivity contribution in [2.45, 2.75) is 94.1 Å². The van der Waals surface area contributed by atoms with Crippen molar-refractivity contribution in [2.75, 3.05) is 6.61 Å². The van der Waals surface area contributed by atoms with Crippen LogP contribution in [0.5, 0.6) is 0 Å². The van der Waals surface area contributed by atoms with Crippen LogP contribution in [0.4, 0.5) is 0 Å². The topological polar surface area (TPSA) is 127 Å². The number of carbonyl (C=O) groups excluding carboxylic acids is 2. The third-order valence-corrected chi connectivity index (χ3v) is 9.86. The summed E-state index contributed by atoms with van der Waals surface area (Å²) in [5.74, 6) is -1.63. The molecule has 3 aliphatic carbocycles. The van der Waals surface area contributed by atoms with E-state index < -0.39 is 34.8 Å². The second kappa shape index (κ2) is 5.80. The highest BCUT2D eigenvalue weighted by atomic mass is 16.8. The Morgan fingerprint density at radius 2 is 1.97 bits per heavy atom. The lowest BCUT2D eigenvalue weighted by Crippen LogP contribution is -2.70. The van der Waals surface area contributed by atoms with Gasteiger partial charge in [-0.15, -0.1) is 0 Å². The van der Waals surface area contributed by atoms with E-state index in [1.165, 1.54) is 0 Å². The van der Waals surface area contributed by atoms with Gasteiger partial charge in [-0.25, -0.2) is 4.79 Å². The summed E-state index contributed by atoms with van der Waals surface area (Å²) in [6.07, 6.45) is 0.464. The van der Waals surface area contributed by atoms with Crippen LogP contribution >= 0.6 is 0 Å². The first-order chi connectivity index (χ1) is 15.6. The fourth-order valence-electron chi connectivity index (χ4n) is 8.24. The summed E-state index contributed by atoms with van der Waals surface area (Å²) in [6, 6.07) is 0. The number of ether oxygens (including phenoxy) is 5. The number of esters is 2. The molecule has 2 spiro atoms. The molecular formula is C24H28O9. The van der Waals surface area contributed by atoms with Gasteiger partial charge < -0.3 is 28.8 Å². The lowest BCUT2D eigenvalue weighted by atomic mass is 9.46. The van der Waals surface area contributed by atoms with Crippen LogP contribution < -0.4 is 0 Å². The average molecular weight is 460 g/mol. The monoisotopic (exact) mass is 460 g/mol. The molecule has 33 heavy (non-hydrogen) atoms. The number of rotatable bonds is 5. The maximum absolute atomic E-state index is 12.7. The van der Waals surface area contributed by atoms with Gasteiger partial charge in [-0.05, 0) is 36.7 Å². The lowest BCUT2D eigenvalue weighted by Gasteiger charge is -2.53. The number of hydrogen-bond acceptors (Lipinski definition) is 8. The lowest BCUT2D eigenvalue weighted by molar-refractivity contribution is -0.170. The number of carbonyl (C=O) groups is 3. The van der Waals surface area contributed by atoms with Crippen LogP contribution in [0.15, 0.2) is 11.1 Å². The van der Waals surface area contributed by atoms with Gasteiger partial charge in [0, 0.05) is 11.0 Å². The first-order valence-corrected chi connectivity index (χ1v) is 12.0. The highest BCUT2D eigenvalue weighted by Gasteiger charge is 3.01. The van der Waals surface area contributed by atoms with E-state index in [0.717, 1.165) is 17.6 Å². The molecule has 9 heteroatoms. The van der Waals surface area contributed by atoms with Gasteiger partial charge in [-0.3, -0.25) is 9.59 Å². The number of hydrogen-bond donors (Lipinski definition) is 1. The molecule has 0 amide bonds. The molecule has 4 aliphatic heterocycles. The molecule has 2 saturated carbocycles. The molecule has 0 radical (unpaired) electrons. The van der Waals surface area contributed by atoms with E-state index in [4.69, 9.17) is 28.8 Å². The summed E-state index contributed by atoms with van der Waals surface area (Å²) in [5.41, 5.74) is -0.569. The van der Waals surface area contributed by atoms with Crippen LogP contribution in [0, 0.1) is 17.3 Å². The average Bonchev–Trinajstić information content (AvgIpc) is 3.65. The van der Waals surface area contributed by atoms with Crippen molar-refractivity contribution in [1.82, 2.24) is 0 Å². The molecule has 9 nitrogen and oxygen atoms in total. The maximum atomic E-state index is 12.7. The molecule has 5 fully saturated rings. The molecule has 3 saturated heterocycles. The normalized spacial score (nSPS) is 51.9. The Balaban J connectivity index is 1.29. The molecule has 7 rings (SSSR count). The summed E-state index contributed by atoms with van der Waals surface area (Å²) >= 11 is 0. The summed E-state index contributed by atoms with van der Waals surface area (Å²) in [6.45, 7) is 6.65. The fraction of sp³-hybridized carbons (Fsp3) is 0.792. The third kappa shape index (κ3) is 2.06. The van der Waals surface area contributed by atoms with Gasteiger partial charge in [0.1, 0.15) is 30.0 Å². The molecule has 4 heterocycles. The second-order valence-electron chi connectivity index (χ2n) is 11.3. The minimum absolute atomic E-state index is 0.0632. The van der Waals surface area contributed by atoms with Crippen molar-refractivity contribution in [3.8, 4) is 0 Å². The van der Waals surface area contributed by atoms with Crippen molar-refractivity contribution in [3.05, 3.63) is 11.1 Å². The maximum Gasteiger partial charge on any atom is 0.334 e. The minimum Gasteiger partial charge on any atom is -0.481 e. The van der Waals surface area contributed by atoms with Crippen molar-refractivity contribution in [3.63, 3.8) is 0 Å². The predicted molar refractivity (Wildman–Crippen MR) is 108 cm³/mol. The zero-order valence-corrected chi connectivity index (χ0v) is 18.9. The van der Waals surface area contributed by atoms with E-state index >= 15 is 0 Å². The van der Waals surface area contributed by atoms with Gasteiger partial charge in [-0.2, -0.15) is 0 Å². The molecule has 178 valence electrons. The number of carboxylic acids is 1. The standard InChI is InChI=1S/C24H28O9/c1-10(2)22-17(32-22)18-24(33-18)21(3)7-6-11-12(9-29-19(11)28)13(21)8-14-23(24,31-14)20(22)30-16(27)5-4-15(25)26/h10,13-14,17-18,20H,4-9H2,1-3H3,(H,25,26)/t13-,14-,17-,18-,20+,21?,22-,23+,24+/m0/s1. The highest BCUT2D eigenvalue weighted by molar-refractivity contribution is 5.92. The Morgan fingerprint density at radius 1 is 1.18 bits per heavy atom. The molecule has 9 atom stereocenters. The van der Waals surface area contributed by atoms with Crippen molar-refractivity contribution >= 4 is 17.9 Å². The molecule has 0 aromatic heterocycles. The van der Waals surface area contributed by atoms with Gasteiger partial charge in [0.05, 0.1) is 18.9 Å². The summed E-state index contributed by atoms with van der Waals surface area (Å²) < 4.78 is 30.9. The molecular weight excluding hydrogens is 432 g/mol. The molecule has 1 N–H and O–H groups in total. The Morgan fingerprint density at radius 3 is 2.70 bits per heavy atom. The Hall–Kier alpha value is -1.97. The summed E-state index contributed by atoms with van der Waals surface area (Å²) in [7, 11) is 0. The number of fused-ring (bicyclic) bond motifs is 4. The number of epoxide rings is 3. The smallest absolute Gasteiger partial charge is 0.334 e. The minimum atomic E-state index is -1.04. The zero-order chi connectivity index (χ0) is 23.1. The summed E-state index contributed by atoms with van der Waals surface area (Å²) in [5, 5.41) is 9.00. The van der Waals surface area contributed by atoms with Crippen LogP contribution in [-0.4, -0.2) is 70.8 Å². The quantitative estimate of drug-likeness (QED) is 0.480. The van der Waals surface area contributed by atoms with Gasteiger partial charge in [0.2, 0.25) is 0 Å². The van der Waals surface area contributed by atoms with Gasteiger partial charge >= 0.3 is 17.9 Å². The van der Waals surface area contributed by atoms with Gasteiger partial charge in [-0.1, -0.05) is 20.8 Å². The molecule has 1 unspecified atom stereocenters. The van der Waals surface area contributed by atoms with Gasteiger partial charge in [0.25, 0.3) is 0 Å². The SMILES string of the molecule is CC(C)[C@]12O[C@H]1[C@@H]1O[C@@]13C1(C)CCC4=C(COC4=O)[C@@H]1C[C@@H]1O[C@@]13[C@@H]2OC(=O)CCC(=O)O. The van der Waals surface area contributed by atoms with E-state index in [0.29, 0.717) is 19.4 Å². The largest absolute Gasteiger partial charge is 0.481 e. The van der Waals surface area contributed by atoms with Crippen LogP contribution in [0.3, 0.4) is 0 Å². The molecule has 0 bridgehead atoms. The molecule has 0 aromatic rings. The predicted octanol–water partition coefficient (Wildman–Crippen LogP) is 1.52. The zero-order valence-electron chi connectivity index (χ0n) is 18.9. The number of aliphatic carboxylic acids is 1. The van der Waals surface area contributed by atoms with E-state index in [1.807, 2.05) is 13.8 Å². The number of cyclic esters (lactones) is 1. The Labute approximate surface area is 190 Å². The molecule has 0 aromatic carbocycles. The third-order valence-electron chi connectivity index (χ3n) is 9.86.